The van der Waals surface area contributed by atoms with E-state index in [1.807, 2.05) is 45.2 Å². The monoisotopic (exact) mass is 586 g/mol. The zero-order valence-corrected chi connectivity index (χ0v) is 17.6. The average molecular weight is 586 g/mol. The number of nitrogens with zero attached hydrogens (tertiary/aromatic N) is 1. The molecule has 1 aromatic carbocycles. The van der Waals surface area contributed by atoms with E-state index in [1.165, 1.54) is 13.2 Å². The number of hydrogen-bond acceptors (Lipinski definition) is 6. The van der Waals surface area contributed by atoms with Crippen molar-refractivity contribution < 1.29 is 33.8 Å². The van der Waals surface area contributed by atoms with Gasteiger partial charge in [0, 0.05) is 0 Å². The van der Waals surface area contributed by atoms with Gasteiger partial charge in [0.1, 0.15) is 18.0 Å². The maximum atomic E-state index is 12.1. The highest BCUT2D eigenvalue weighted by Gasteiger charge is 2.34. The fourth-order valence-corrected chi connectivity index (χ4v) is 4.14. The SMILES string of the molecule is COC(=O)COc1c(I)cc(/C=C2/NC(=O)N(CC(=O)O)C2=O)cc1I. The quantitative estimate of drug-likeness (QED) is 0.224. The summed E-state index contributed by atoms with van der Waals surface area (Å²) < 4.78 is 11.3. The maximum Gasteiger partial charge on any atom is 0.343 e. The molecule has 0 aromatic heterocycles. The van der Waals surface area contributed by atoms with Crippen LogP contribution in [0.1, 0.15) is 5.56 Å². The number of rotatable bonds is 6. The Hall–Kier alpha value is -1.90. The van der Waals surface area contributed by atoms with E-state index in [1.54, 1.807) is 12.1 Å². The summed E-state index contributed by atoms with van der Waals surface area (Å²) in [7, 11) is 1.26. The molecule has 0 radical (unpaired) electrons. The van der Waals surface area contributed by atoms with E-state index in [2.05, 4.69) is 10.1 Å². The lowest BCUT2D eigenvalue weighted by atomic mass is 10.2. The zero-order chi connectivity index (χ0) is 19.4. The van der Waals surface area contributed by atoms with Crippen molar-refractivity contribution in [3.05, 3.63) is 30.5 Å². The molecule has 0 aliphatic carbocycles. The van der Waals surface area contributed by atoms with Crippen molar-refractivity contribution >= 4 is 75.1 Å². The Kier molecular flexibility index (Phi) is 6.80. The fraction of sp³-hybridized carbons (Fsp3) is 0.200. The molecule has 1 aromatic rings. The number of carbonyl (C=O) groups excluding carboxylic acids is 3. The van der Waals surface area contributed by atoms with Gasteiger partial charge in [-0.1, -0.05) is 0 Å². The van der Waals surface area contributed by atoms with Crippen molar-refractivity contribution in [3.8, 4) is 5.75 Å². The second kappa shape index (κ2) is 8.66. The second-order valence-corrected chi connectivity index (χ2v) is 7.28. The van der Waals surface area contributed by atoms with E-state index >= 15 is 0 Å². The highest BCUT2D eigenvalue weighted by molar-refractivity contribution is 14.1. The van der Waals surface area contributed by atoms with E-state index in [-0.39, 0.29) is 12.3 Å². The number of imide groups is 1. The number of carboxylic acids is 1. The van der Waals surface area contributed by atoms with E-state index in [9.17, 15) is 19.2 Å². The first-order valence-electron chi connectivity index (χ1n) is 6.98. The summed E-state index contributed by atoms with van der Waals surface area (Å²) in [6.45, 7) is -0.945. The molecule has 1 heterocycles. The number of carbonyl (C=O) groups is 4. The van der Waals surface area contributed by atoms with Gasteiger partial charge in [0.25, 0.3) is 5.91 Å². The van der Waals surface area contributed by atoms with E-state index in [0.29, 0.717) is 23.4 Å². The van der Waals surface area contributed by atoms with Crippen LogP contribution in [0.3, 0.4) is 0 Å². The van der Waals surface area contributed by atoms with Crippen LogP contribution in [0.5, 0.6) is 5.75 Å². The molecular formula is C15H12I2N2O7. The first kappa shape index (κ1) is 20.4. The number of esters is 1. The van der Waals surface area contributed by atoms with Crippen molar-refractivity contribution in [2.45, 2.75) is 0 Å². The van der Waals surface area contributed by atoms with Crippen LogP contribution in [0, 0.1) is 7.14 Å². The number of amides is 3. The first-order chi connectivity index (χ1) is 12.2. The van der Waals surface area contributed by atoms with Crippen molar-refractivity contribution in [1.29, 1.82) is 0 Å². The summed E-state index contributed by atoms with van der Waals surface area (Å²) in [5, 5.41) is 11.1. The molecule has 1 saturated heterocycles. The molecular weight excluding hydrogens is 574 g/mol. The minimum absolute atomic E-state index is 0.0221. The largest absolute Gasteiger partial charge is 0.480 e. The fourth-order valence-electron chi connectivity index (χ4n) is 2.01. The lowest BCUT2D eigenvalue weighted by Gasteiger charge is -2.10. The molecule has 0 saturated carbocycles. The number of halogens is 2. The molecule has 0 unspecified atom stereocenters. The number of benzene rings is 1. The van der Waals surface area contributed by atoms with Gasteiger partial charge >= 0.3 is 18.0 Å². The normalized spacial score (nSPS) is 15.2. The van der Waals surface area contributed by atoms with Crippen LogP contribution in [0.4, 0.5) is 4.79 Å². The molecule has 9 nitrogen and oxygen atoms in total. The van der Waals surface area contributed by atoms with Gasteiger partial charge in [-0.2, -0.15) is 0 Å². The number of ether oxygens (including phenoxy) is 2. The van der Waals surface area contributed by atoms with E-state index in [0.717, 1.165) is 0 Å². The molecule has 0 bridgehead atoms. The Morgan fingerprint density at radius 2 is 1.88 bits per heavy atom. The van der Waals surface area contributed by atoms with Crippen molar-refractivity contribution in [2.75, 3.05) is 20.3 Å². The number of aliphatic carboxylic acids is 1. The minimum atomic E-state index is -1.29. The van der Waals surface area contributed by atoms with Crippen LogP contribution in [-0.4, -0.2) is 54.1 Å². The third-order valence-electron chi connectivity index (χ3n) is 3.15. The predicted molar refractivity (Wildman–Crippen MR) is 105 cm³/mol. The van der Waals surface area contributed by atoms with Crippen LogP contribution in [0.25, 0.3) is 6.08 Å². The number of carboxylic acid groups (broad SMARTS) is 1. The minimum Gasteiger partial charge on any atom is -0.480 e. The third-order valence-corrected chi connectivity index (χ3v) is 4.75. The molecule has 2 rings (SSSR count). The van der Waals surface area contributed by atoms with Gasteiger partial charge in [-0.25, -0.2) is 14.5 Å². The zero-order valence-electron chi connectivity index (χ0n) is 13.2. The molecule has 2 N–H and O–H groups in total. The molecule has 26 heavy (non-hydrogen) atoms. The van der Waals surface area contributed by atoms with Gasteiger partial charge < -0.3 is 19.9 Å². The maximum absolute atomic E-state index is 12.1. The summed E-state index contributed by atoms with van der Waals surface area (Å²) in [4.78, 5) is 46.4. The summed E-state index contributed by atoms with van der Waals surface area (Å²) in [5.41, 5.74) is 0.580. The van der Waals surface area contributed by atoms with Gasteiger partial charge in [-0.3, -0.25) is 9.59 Å². The van der Waals surface area contributed by atoms with E-state index < -0.39 is 30.4 Å². The van der Waals surface area contributed by atoms with Gasteiger partial charge in [0.2, 0.25) is 0 Å². The van der Waals surface area contributed by atoms with Crippen LogP contribution >= 0.6 is 45.2 Å². The Balaban J connectivity index is 2.23. The molecule has 3 amide bonds. The summed E-state index contributed by atoms with van der Waals surface area (Å²) in [6.07, 6.45) is 1.44. The molecule has 0 atom stereocenters. The number of hydrogen-bond donors (Lipinski definition) is 2. The molecule has 1 aliphatic rings. The van der Waals surface area contributed by atoms with E-state index in [4.69, 9.17) is 9.84 Å². The van der Waals surface area contributed by atoms with Gasteiger partial charge in [-0.15, -0.1) is 0 Å². The summed E-state index contributed by atoms with van der Waals surface area (Å²) >= 11 is 4.03. The van der Waals surface area contributed by atoms with Crippen LogP contribution in [0.2, 0.25) is 0 Å². The van der Waals surface area contributed by atoms with Crippen molar-refractivity contribution in [2.24, 2.45) is 0 Å². The predicted octanol–water partition coefficient (Wildman–Crippen LogP) is 1.42. The Bertz CT molecular complexity index is 799. The first-order valence-corrected chi connectivity index (χ1v) is 9.13. The average Bonchev–Trinajstić information content (AvgIpc) is 2.81. The molecule has 138 valence electrons. The topological polar surface area (TPSA) is 122 Å². The van der Waals surface area contributed by atoms with Crippen LogP contribution in [0.15, 0.2) is 17.8 Å². The van der Waals surface area contributed by atoms with Crippen molar-refractivity contribution in [1.82, 2.24) is 10.2 Å². The lowest BCUT2D eigenvalue weighted by molar-refractivity contribution is -0.143. The Morgan fingerprint density at radius 1 is 1.27 bits per heavy atom. The van der Waals surface area contributed by atoms with Crippen molar-refractivity contribution in [3.63, 3.8) is 0 Å². The van der Waals surface area contributed by atoms with Gasteiger partial charge in [-0.05, 0) is 69.0 Å². The lowest BCUT2D eigenvalue weighted by Crippen LogP contribution is -2.35. The number of nitrogens with one attached hydrogen (secondary N) is 1. The summed E-state index contributed by atoms with van der Waals surface area (Å²) in [5.74, 6) is -2.02. The smallest absolute Gasteiger partial charge is 0.343 e. The highest BCUT2D eigenvalue weighted by atomic mass is 127. The highest BCUT2D eigenvalue weighted by Crippen LogP contribution is 2.30. The Morgan fingerprint density at radius 3 is 2.42 bits per heavy atom. The molecule has 1 fully saturated rings. The van der Waals surface area contributed by atoms with Gasteiger partial charge in [0.15, 0.2) is 6.61 Å². The molecule has 11 heteroatoms. The molecule has 1 aliphatic heterocycles. The second-order valence-electron chi connectivity index (χ2n) is 4.95. The van der Waals surface area contributed by atoms with Crippen LogP contribution in [-0.2, 0) is 19.1 Å². The summed E-state index contributed by atoms with van der Waals surface area (Å²) in [6, 6.07) is 2.61. The standard InChI is InChI=1S/C15H12I2N2O7/c1-25-12(22)6-26-13-8(16)2-7(3-9(13)17)4-10-14(23)19(5-11(20)21)15(24)18-10/h2-4H,5-6H2,1H3,(H,18,24)(H,20,21)/b10-4+. The molecule has 0 spiro atoms. The Labute approximate surface area is 175 Å². The van der Waals surface area contributed by atoms with Crippen LogP contribution < -0.4 is 10.1 Å². The van der Waals surface area contributed by atoms with Gasteiger partial charge in [0.05, 0.1) is 14.3 Å². The number of methoxy groups -OCH3 is 1. The number of urea groups is 1. The third kappa shape index (κ3) is 4.84.